The molecule has 0 atom stereocenters. The lowest BCUT2D eigenvalue weighted by Crippen LogP contribution is -2.35. The predicted molar refractivity (Wildman–Crippen MR) is 111 cm³/mol. The van der Waals surface area contributed by atoms with Crippen LogP contribution in [0.15, 0.2) is 48.7 Å². The fraction of sp³-hybridized carbons (Fsp3) is 0.238. The topological polar surface area (TPSA) is 65.6 Å². The molecule has 0 saturated carbocycles. The molecular formula is C21H20ClN5. The first-order valence-corrected chi connectivity index (χ1v) is 9.66. The lowest BCUT2D eigenvalue weighted by atomic mass is 10.0. The summed E-state index contributed by atoms with van der Waals surface area (Å²) in [4.78, 5) is 12.9. The molecule has 0 amide bonds. The molecule has 0 aliphatic carbocycles. The number of benzene rings is 2. The maximum atomic E-state index is 6.31. The first-order valence-electron chi connectivity index (χ1n) is 9.28. The van der Waals surface area contributed by atoms with Crippen molar-refractivity contribution in [3.63, 3.8) is 0 Å². The monoisotopic (exact) mass is 377 g/mol. The van der Waals surface area contributed by atoms with Crippen LogP contribution in [0, 0.1) is 0 Å². The molecule has 1 fully saturated rings. The van der Waals surface area contributed by atoms with E-state index in [1.165, 1.54) is 0 Å². The van der Waals surface area contributed by atoms with Crippen LogP contribution in [0.25, 0.3) is 33.3 Å². The van der Waals surface area contributed by atoms with Crippen LogP contribution < -0.4 is 10.6 Å². The standard InChI is InChI=1S/C21H20ClN5/c22-13-5-6-17-15(11-13)20(25-14-7-9-23-10-8-14)16(12-24-17)21-26-18-3-1-2-4-19(18)27-21/h1-6,11-12,14,23H,7-10H2,(H,24,25)(H,26,27). The Bertz CT molecular complexity index is 1080. The molecule has 0 bridgehead atoms. The van der Waals surface area contributed by atoms with Crippen molar-refractivity contribution in [2.45, 2.75) is 18.9 Å². The van der Waals surface area contributed by atoms with Gasteiger partial charge in [-0.1, -0.05) is 23.7 Å². The first-order chi connectivity index (χ1) is 13.3. The number of aromatic nitrogens is 3. The summed E-state index contributed by atoms with van der Waals surface area (Å²) < 4.78 is 0. The number of H-pyrrole nitrogens is 1. The normalized spacial score (nSPS) is 15.4. The third-order valence-corrected chi connectivity index (χ3v) is 5.40. The summed E-state index contributed by atoms with van der Waals surface area (Å²) in [7, 11) is 0. The summed E-state index contributed by atoms with van der Waals surface area (Å²) in [6.07, 6.45) is 4.07. The Hall–Kier alpha value is -2.63. The Kier molecular flexibility index (Phi) is 4.19. The average molecular weight is 378 g/mol. The van der Waals surface area contributed by atoms with Gasteiger partial charge in [0, 0.05) is 22.6 Å². The summed E-state index contributed by atoms with van der Waals surface area (Å²) in [5.74, 6) is 0.821. The second-order valence-electron chi connectivity index (χ2n) is 6.98. The van der Waals surface area contributed by atoms with Gasteiger partial charge in [-0.05, 0) is 56.3 Å². The highest BCUT2D eigenvalue weighted by molar-refractivity contribution is 6.31. The van der Waals surface area contributed by atoms with Crippen molar-refractivity contribution in [1.29, 1.82) is 0 Å². The van der Waals surface area contributed by atoms with E-state index in [-0.39, 0.29) is 0 Å². The number of anilines is 1. The van der Waals surface area contributed by atoms with Crippen molar-refractivity contribution >= 4 is 39.2 Å². The molecule has 1 aliphatic heterocycles. The molecular weight excluding hydrogens is 358 g/mol. The van der Waals surface area contributed by atoms with Gasteiger partial charge in [0.05, 0.1) is 27.8 Å². The van der Waals surface area contributed by atoms with E-state index in [4.69, 9.17) is 16.6 Å². The molecule has 2 aromatic carbocycles. The van der Waals surface area contributed by atoms with Gasteiger partial charge in [0.25, 0.3) is 0 Å². The van der Waals surface area contributed by atoms with Crippen LogP contribution in [0.4, 0.5) is 5.69 Å². The zero-order valence-electron chi connectivity index (χ0n) is 14.8. The molecule has 5 nitrogen and oxygen atoms in total. The van der Waals surface area contributed by atoms with E-state index >= 15 is 0 Å². The molecule has 2 aromatic heterocycles. The summed E-state index contributed by atoms with van der Waals surface area (Å²) in [6, 6.07) is 14.3. The number of nitrogens with one attached hydrogen (secondary N) is 3. The molecule has 6 heteroatoms. The van der Waals surface area contributed by atoms with Gasteiger partial charge in [0.2, 0.25) is 0 Å². The molecule has 1 aliphatic rings. The van der Waals surface area contributed by atoms with E-state index in [1.807, 2.05) is 48.7 Å². The van der Waals surface area contributed by atoms with E-state index in [1.54, 1.807) is 0 Å². The number of halogens is 1. The largest absolute Gasteiger partial charge is 0.381 e. The van der Waals surface area contributed by atoms with E-state index in [0.717, 1.165) is 64.9 Å². The van der Waals surface area contributed by atoms with Crippen molar-refractivity contribution in [3.8, 4) is 11.4 Å². The van der Waals surface area contributed by atoms with Gasteiger partial charge in [-0.25, -0.2) is 4.98 Å². The van der Waals surface area contributed by atoms with Crippen LogP contribution in [-0.2, 0) is 0 Å². The van der Waals surface area contributed by atoms with Gasteiger partial charge in [-0.3, -0.25) is 4.98 Å². The second kappa shape index (κ2) is 6.83. The van der Waals surface area contributed by atoms with E-state index < -0.39 is 0 Å². The van der Waals surface area contributed by atoms with Crippen LogP contribution in [0.2, 0.25) is 5.02 Å². The number of imidazole rings is 1. The Labute approximate surface area is 162 Å². The van der Waals surface area contributed by atoms with Crippen molar-refractivity contribution in [2.75, 3.05) is 18.4 Å². The number of rotatable bonds is 3. The molecule has 5 rings (SSSR count). The zero-order valence-corrected chi connectivity index (χ0v) is 15.6. The molecule has 0 unspecified atom stereocenters. The number of hydrogen-bond acceptors (Lipinski definition) is 4. The maximum Gasteiger partial charge on any atom is 0.142 e. The smallest absolute Gasteiger partial charge is 0.142 e. The lowest BCUT2D eigenvalue weighted by Gasteiger charge is -2.26. The minimum absolute atomic E-state index is 0.416. The van der Waals surface area contributed by atoms with Crippen molar-refractivity contribution in [1.82, 2.24) is 20.3 Å². The number of hydrogen-bond donors (Lipinski definition) is 3. The van der Waals surface area contributed by atoms with Crippen molar-refractivity contribution in [3.05, 3.63) is 53.7 Å². The van der Waals surface area contributed by atoms with Gasteiger partial charge < -0.3 is 15.6 Å². The molecule has 4 aromatic rings. The molecule has 27 heavy (non-hydrogen) atoms. The fourth-order valence-corrected chi connectivity index (χ4v) is 3.92. The quantitative estimate of drug-likeness (QED) is 0.488. The van der Waals surface area contributed by atoms with Crippen LogP contribution in [0.5, 0.6) is 0 Å². The lowest BCUT2D eigenvalue weighted by molar-refractivity contribution is 0.479. The molecule has 0 spiro atoms. The highest BCUT2D eigenvalue weighted by atomic mass is 35.5. The minimum atomic E-state index is 0.416. The third kappa shape index (κ3) is 3.13. The van der Waals surface area contributed by atoms with Gasteiger partial charge in [-0.2, -0.15) is 0 Å². The summed E-state index contributed by atoms with van der Waals surface area (Å²) in [6.45, 7) is 2.06. The van der Waals surface area contributed by atoms with Crippen LogP contribution >= 0.6 is 11.6 Å². The SMILES string of the molecule is Clc1ccc2ncc(-c3nc4ccccc4[nH]3)c(NC3CCNCC3)c2c1. The molecule has 3 N–H and O–H groups in total. The molecule has 136 valence electrons. The summed E-state index contributed by atoms with van der Waals surface area (Å²) >= 11 is 6.31. The Morgan fingerprint density at radius 1 is 1.04 bits per heavy atom. The fourth-order valence-electron chi connectivity index (χ4n) is 3.75. The number of pyridine rings is 1. The summed E-state index contributed by atoms with van der Waals surface area (Å²) in [5.41, 5.74) is 4.92. The van der Waals surface area contributed by atoms with Crippen molar-refractivity contribution in [2.24, 2.45) is 0 Å². The molecule has 1 saturated heterocycles. The van der Waals surface area contributed by atoms with E-state index in [2.05, 4.69) is 20.6 Å². The minimum Gasteiger partial charge on any atom is -0.381 e. The second-order valence-corrected chi connectivity index (χ2v) is 7.42. The number of nitrogens with zero attached hydrogens (tertiary/aromatic N) is 2. The summed E-state index contributed by atoms with van der Waals surface area (Å²) in [5, 5.41) is 8.92. The number of piperidine rings is 1. The highest BCUT2D eigenvalue weighted by Crippen LogP contribution is 2.35. The Balaban J connectivity index is 1.68. The molecule has 0 radical (unpaired) electrons. The maximum absolute atomic E-state index is 6.31. The third-order valence-electron chi connectivity index (χ3n) is 5.16. The molecule has 3 heterocycles. The van der Waals surface area contributed by atoms with E-state index in [9.17, 15) is 0 Å². The Morgan fingerprint density at radius 2 is 1.89 bits per heavy atom. The highest BCUT2D eigenvalue weighted by Gasteiger charge is 2.19. The number of aromatic amines is 1. The van der Waals surface area contributed by atoms with Crippen LogP contribution in [0.3, 0.4) is 0 Å². The average Bonchev–Trinajstić information content (AvgIpc) is 3.13. The van der Waals surface area contributed by atoms with Crippen LogP contribution in [-0.4, -0.2) is 34.1 Å². The van der Waals surface area contributed by atoms with Crippen LogP contribution in [0.1, 0.15) is 12.8 Å². The van der Waals surface area contributed by atoms with Gasteiger partial charge >= 0.3 is 0 Å². The van der Waals surface area contributed by atoms with Gasteiger partial charge in [0.1, 0.15) is 5.82 Å². The van der Waals surface area contributed by atoms with Gasteiger partial charge in [-0.15, -0.1) is 0 Å². The zero-order chi connectivity index (χ0) is 18.2. The Morgan fingerprint density at radius 3 is 2.74 bits per heavy atom. The number of para-hydroxylation sites is 2. The van der Waals surface area contributed by atoms with Gasteiger partial charge in [0.15, 0.2) is 0 Å². The number of fused-ring (bicyclic) bond motifs is 2. The predicted octanol–water partition coefficient (Wildman–Crippen LogP) is 4.60. The first kappa shape index (κ1) is 16.5. The van der Waals surface area contributed by atoms with E-state index in [0.29, 0.717) is 11.1 Å². The van der Waals surface area contributed by atoms with Crippen molar-refractivity contribution < 1.29 is 0 Å².